The summed E-state index contributed by atoms with van der Waals surface area (Å²) in [6.45, 7) is 11.4. The second kappa shape index (κ2) is 4.81. The minimum atomic E-state index is 0.266. The minimum absolute atomic E-state index is 0.266. The third kappa shape index (κ3) is 2.54. The average Bonchev–Trinajstić information content (AvgIpc) is 2.84. The van der Waals surface area contributed by atoms with Gasteiger partial charge in [-0.05, 0) is 32.2 Å². The lowest BCUT2D eigenvalue weighted by atomic mass is 9.86. The molecule has 1 aliphatic heterocycles. The Bertz CT molecular complexity index is 361. The molecule has 0 amide bonds. The topological polar surface area (TPSA) is 29.9 Å². The van der Waals surface area contributed by atoms with Gasteiger partial charge >= 0.3 is 0 Å². The largest absolute Gasteiger partial charge is 0.331 e. The maximum atomic E-state index is 4.38. The van der Waals surface area contributed by atoms with E-state index in [0.717, 1.165) is 19.0 Å². The second-order valence-electron chi connectivity index (χ2n) is 6.15. The van der Waals surface area contributed by atoms with Crippen molar-refractivity contribution < 1.29 is 0 Å². The van der Waals surface area contributed by atoms with Crippen LogP contribution in [0.5, 0.6) is 0 Å². The zero-order valence-corrected chi connectivity index (χ0v) is 11.5. The quantitative estimate of drug-likeness (QED) is 0.869. The molecule has 2 unspecified atom stereocenters. The van der Waals surface area contributed by atoms with E-state index >= 15 is 0 Å². The highest BCUT2D eigenvalue weighted by atomic mass is 15.1. The molecular weight excluding hydrogens is 210 g/mol. The molecule has 2 rings (SSSR count). The molecule has 0 aliphatic carbocycles. The lowest BCUT2D eigenvalue weighted by Crippen LogP contribution is -2.29. The first-order valence-corrected chi connectivity index (χ1v) is 6.76. The number of aromatic nitrogens is 2. The van der Waals surface area contributed by atoms with Gasteiger partial charge < -0.3 is 9.88 Å². The Morgan fingerprint density at radius 3 is 2.82 bits per heavy atom. The Labute approximate surface area is 105 Å². The van der Waals surface area contributed by atoms with Gasteiger partial charge in [-0.15, -0.1) is 0 Å². The van der Waals surface area contributed by atoms with E-state index in [1.165, 1.54) is 18.5 Å². The summed E-state index contributed by atoms with van der Waals surface area (Å²) in [5.74, 6) is 0.731. The normalized spacial score (nSPS) is 26.6. The fraction of sp³-hybridized carbons (Fsp3) is 0.786. The second-order valence-corrected chi connectivity index (χ2v) is 6.15. The lowest BCUT2D eigenvalue weighted by Gasteiger charge is -2.27. The molecule has 0 bridgehead atoms. The van der Waals surface area contributed by atoms with E-state index < -0.39 is 0 Å². The van der Waals surface area contributed by atoms with Crippen molar-refractivity contribution in [1.82, 2.24) is 14.9 Å². The molecule has 3 heteroatoms. The molecule has 0 saturated carbocycles. The van der Waals surface area contributed by atoms with Crippen LogP contribution in [0.25, 0.3) is 0 Å². The molecule has 0 radical (unpaired) electrons. The van der Waals surface area contributed by atoms with E-state index in [-0.39, 0.29) is 5.41 Å². The van der Waals surface area contributed by atoms with Crippen molar-refractivity contribution >= 4 is 0 Å². The van der Waals surface area contributed by atoms with E-state index in [9.17, 15) is 0 Å². The van der Waals surface area contributed by atoms with E-state index in [1.807, 2.05) is 6.33 Å². The average molecular weight is 235 g/mol. The minimum Gasteiger partial charge on any atom is -0.331 e. The lowest BCUT2D eigenvalue weighted by molar-refractivity contribution is 0.386. The van der Waals surface area contributed by atoms with E-state index in [1.54, 1.807) is 0 Å². The molecular formula is C14H25N3. The monoisotopic (exact) mass is 235 g/mol. The van der Waals surface area contributed by atoms with Crippen LogP contribution in [0.15, 0.2) is 12.5 Å². The van der Waals surface area contributed by atoms with Crippen LogP contribution in [-0.2, 0) is 5.41 Å². The van der Waals surface area contributed by atoms with Crippen molar-refractivity contribution in [3.05, 3.63) is 18.2 Å². The van der Waals surface area contributed by atoms with Gasteiger partial charge in [-0.3, -0.25) is 0 Å². The molecule has 1 aromatic rings. The predicted molar refractivity (Wildman–Crippen MR) is 71.2 cm³/mol. The first-order chi connectivity index (χ1) is 8.03. The zero-order valence-electron chi connectivity index (χ0n) is 11.5. The van der Waals surface area contributed by atoms with Crippen molar-refractivity contribution in [2.75, 3.05) is 13.1 Å². The SMILES string of the molecule is CC(C)CC(C)n1cncc1C1(C)CCNC1. The number of hydrogen-bond acceptors (Lipinski definition) is 2. The molecule has 0 aromatic carbocycles. The Morgan fingerprint density at radius 2 is 2.24 bits per heavy atom. The predicted octanol–water partition coefficient (Wildman–Crippen LogP) is 2.74. The Morgan fingerprint density at radius 1 is 1.47 bits per heavy atom. The highest BCUT2D eigenvalue weighted by molar-refractivity contribution is 5.18. The van der Waals surface area contributed by atoms with E-state index in [2.05, 4.69) is 48.8 Å². The third-order valence-electron chi connectivity index (χ3n) is 3.94. The highest BCUT2D eigenvalue weighted by Gasteiger charge is 2.34. The van der Waals surface area contributed by atoms with Gasteiger partial charge in [0.15, 0.2) is 0 Å². The smallest absolute Gasteiger partial charge is 0.0950 e. The van der Waals surface area contributed by atoms with Gasteiger partial charge in [0.1, 0.15) is 0 Å². The standard InChI is InChI=1S/C14H25N3/c1-11(2)7-12(3)17-10-16-8-13(17)14(4)5-6-15-9-14/h8,10-12,15H,5-7,9H2,1-4H3. The Balaban J connectivity index is 2.22. The maximum absolute atomic E-state index is 4.38. The summed E-state index contributed by atoms with van der Waals surface area (Å²) >= 11 is 0. The third-order valence-corrected chi connectivity index (χ3v) is 3.94. The first-order valence-electron chi connectivity index (χ1n) is 6.76. The maximum Gasteiger partial charge on any atom is 0.0950 e. The summed E-state index contributed by atoms with van der Waals surface area (Å²) in [5.41, 5.74) is 1.66. The molecule has 3 nitrogen and oxygen atoms in total. The summed E-state index contributed by atoms with van der Waals surface area (Å²) in [6.07, 6.45) is 6.50. The van der Waals surface area contributed by atoms with Crippen molar-refractivity contribution in [2.45, 2.75) is 52.0 Å². The van der Waals surface area contributed by atoms with Crippen molar-refractivity contribution in [3.63, 3.8) is 0 Å². The van der Waals surface area contributed by atoms with Crippen LogP contribution in [0.2, 0.25) is 0 Å². The van der Waals surface area contributed by atoms with Crippen LogP contribution in [0.1, 0.15) is 52.3 Å². The zero-order chi connectivity index (χ0) is 12.5. The molecule has 2 atom stereocenters. The Hall–Kier alpha value is -0.830. The molecule has 96 valence electrons. The summed E-state index contributed by atoms with van der Waals surface area (Å²) in [7, 11) is 0. The number of imidazole rings is 1. The van der Waals surface area contributed by atoms with Gasteiger partial charge in [0.05, 0.1) is 6.33 Å². The molecule has 17 heavy (non-hydrogen) atoms. The van der Waals surface area contributed by atoms with E-state index in [0.29, 0.717) is 6.04 Å². The van der Waals surface area contributed by atoms with Gasteiger partial charge in [0.2, 0.25) is 0 Å². The van der Waals surface area contributed by atoms with Gasteiger partial charge in [-0.2, -0.15) is 0 Å². The Kier molecular flexibility index (Phi) is 3.57. The molecule has 1 saturated heterocycles. The van der Waals surface area contributed by atoms with Crippen LogP contribution < -0.4 is 5.32 Å². The van der Waals surface area contributed by atoms with Crippen LogP contribution in [0.4, 0.5) is 0 Å². The number of rotatable bonds is 4. The van der Waals surface area contributed by atoms with Crippen LogP contribution >= 0.6 is 0 Å². The molecule has 1 aliphatic rings. The molecule has 1 fully saturated rings. The van der Waals surface area contributed by atoms with Gasteiger partial charge in [-0.25, -0.2) is 4.98 Å². The molecule has 1 N–H and O–H groups in total. The van der Waals surface area contributed by atoms with E-state index in [4.69, 9.17) is 0 Å². The first kappa shape index (κ1) is 12.6. The van der Waals surface area contributed by atoms with Crippen LogP contribution in [0.3, 0.4) is 0 Å². The number of nitrogens with zero attached hydrogens (tertiary/aromatic N) is 2. The number of hydrogen-bond donors (Lipinski definition) is 1. The number of nitrogens with one attached hydrogen (secondary N) is 1. The molecule has 0 spiro atoms. The fourth-order valence-electron chi connectivity index (χ4n) is 2.95. The van der Waals surface area contributed by atoms with Gasteiger partial charge in [-0.1, -0.05) is 20.8 Å². The fourth-order valence-corrected chi connectivity index (χ4v) is 2.95. The van der Waals surface area contributed by atoms with Crippen LogP contribution in [0, 0.1) is 5.92 Å². The van der Waals surface area contributed by atoms with Gasteiger partial charge in [0.25, 0.3) is 0 Å². The van der Waals surface area contributed by atoms with Crippen molar-refractivity contribution in [3.8, 4) is 0 Å². The summed E-state index contributed by atoms with van der Waals surface area (Å²) in [6, 6.07) is 0.546. The molecule has 2 heterocycles. The van der Waals surface area contributed by atoms with Crippen molar-refractivity contribution in [2.24, 2.45) is 5.92 Å². The highest BCUT2D eigenvalue weighted by Crippen LogP contribution is 2.32. The summed E-state index contributed by atoms with van der Waals surface area (Å²) in [5, 5.41) is 3.47. The van der Waals surface area contributed by atoms with Crippen LogP contribution in [-0.4, -0.2) is 22.6 Å². The summed E-state index contributed by atoms with van der Waals surface area (Å²) < 4.78 is 2.38. The van der Waals surface area contributed by atoms with Gasteiger partial charge in [0, 0.05) is 29.9 Å². The summed E-state index contributed by atoms with van der Waals surface area (Å²) in [4.78, 5) is 4.38. The van der Waals surface area contributed by atoms with Crippen molar-refractivity contribution in [1.29, 1.82) is 0 Å². The molecule has 1 aromatic heterocycles.